The molecular weight excluding hydrogens is 503 g/mol. The minimum Gasteiger partial charge on any atom is -0.494 e. The molecule has 0 bridgehead atoms. The van der Waals surface area contributed by atoms with Crippen molar-refractivity contribution in [3.63, 3.8) is 0 Å². The zero-order chi connectivity index (χ0) is 23.0. The van der Waals surface area contributed by atoms with Gasteiger partial charge in [0.05, 0.1) is 39.4 Å². The molecule has 3 aromatic rings. The predicted octanol–water partition coefficient (Wildman–Crippen LogP) is 4.25. The Morgan fingerprint density at radius 2 is 1.90 bits per heavy atom. The summed E-state index contributed by atoms with van der Waals surface area (Å²) in [5.74, 6) is 0.159. The van der Waals surface area contributed by atoms with Crippen LogP contribution in [0.4, 0.5) is 18.9 Å². The maximum atomic E-state index is 13.2. The minimum atomic E-state index is -4.66. The van der Waals surface area contributed by atoms with E-state index in [9.17, 15) is 26.4 Å². The highest BCUT2D eigenvalue weighted by Gasteiger charge is 2.32. The Kier molecular flexibility index (Phi) is 6.33. The third-order valence-electron chi connectivity index (χ3n) is 4.36. The Labute approximate surface area is 183 Å². The van der Waals surface area contributed by atoms with E-state index in [1.54, 1.807) is 6.92 Å². The van der Waals surface area contributed by atoms with Gasteiger partial charge < -0.3 is 4.74 Å². The highest BCUT2D eigenvalue weighted by atomic mass is 79.9. The highest BCUT2D eigenvalue weighted by molar-refractivity contribution is 9.10. The maximum absolute atomic E-state index is 13.2. The largest absolute Gasteiger partial charge is 0.494 e. The molecule has 166 valence electrons. The van der Waals surface area contributed by atoms with E-state index >= 15 is 0 Å². The molecule has 0 atom stereocenters. The van der Waals surface area contributed by atoms with E-state index < -0.39 is 27.1 Å². The van der Waals surface area contributed by atoms with E-state index in [4.69, 9.17) is 4.74 Å². The lowest BCUT2D eigenvalue weighted by Crippen LogP contribution is -2.28. The number of fused-ring (bicyclic) bond motifs is 1. The first-order chi connectivity index (χ1) is 14.5. The second kappa shape index (κ2) is 8.50. The number of rotatable bonds is 6. The molecule has 0 unspecified atom stereocenters. The summed E-state index contributed by atoms with van der Waals surface area (Å²) in [5, 5.41) is -0.294. The molecule has 0 aliphatic rings. The number of hydrogen-bond acceptors (Lipinski definition) is 6. The molecule has 12 heteroatoms. The van der Waals surface area contributed by atoms with Crippen LogP contribution in [0.3, 0.4) is 0 Å². The predicted molar refractivity (Wildman–Crippen MR) is 113 cm³/mol. The molecule has 1 heterocycles. The number of aromatic nitrogens is 2. The summed E-state index contributed by atoms with van der Waals surface area (Å²) in [5.41, 5.74) is 0.855. The van der Waals surface area contributed by atoms with Crippen LogP contribution in [0.5, 0.6) is 5.75 Å². The number of hydrogen-bond donors (Lipinski definition) is 1. The van der Waals surface area contributed by atoms with Gasteiger partial charge in [-0.15, -0.1) is 0 Å². The first kappa shape index (κ1) is 23.1. The van der Waals surface area contributed by atoms with Gasteiger partial charge in [0.1, 0.15) is 12.1 Å². The van der Waals surface area contributed by atoms with Crippen molar-refractivity contribution in [1.82, 2.24) is 9.66 Å². The smallest absolute Gasteiger partial charge is 0.416 e. The number of nitrogens with one attached hydrogen (secondary N) is 1. The summed E-state index contributed by atoms with van der Waals surface area (Å²) in [6.07, 6.45) is -3.59. The van der Waals surface area contributed by atoms with Crippen molar-refractivity contribution in [3.8, 4) is 5.75 Å². The first-order valence-electron chi connectivity index (χ1n) is 9.02. The number of alkyl halides is 3. The summed E-state index contributed by atoms with van der Waals surface area (Å²) in [7, 11) is -3.68. The van der Waals surface area contributed by atoms with Crippen LogP contribution in [0.1, 0.15) is 19.4 Å². The lowest BCUT2D eigenvalue weighted by atomic mass is 10.1. The lowest BCUT2D eigenvalue weighted by molar-refractivity contribution is -0.137. The number of sulfone groups is 1. The van der Waals surface area contributed by atoms with Gasteiger partial charge in [0.2, 0.25) is 0 Å². The Hall–Kier alpha value is -2.60. The molecule has 0 aliphatic heterocycles. The number of nitrogens with zero attached hydrogens (tertiary/aromatic N) is 2. The molecule has 7 nitrogen and oxygen atoms in total. The maximum Gasteiger partial charge on any atom is 0.416 e. The van der Waals surface area contributed by atoms with Crippen LogP contribution >= 0.6 is 15.9 Å². The topological polar surface area (TPSA) is 90.3 Å². The Morgan fingerprint density at radius 3 is 2.52 bits per heavy atom. The number of ether oxygens (including phenoxy) is 1. The van der Waals surface area contributed by atoms with Crippen LogP contribution in [0, 0.1) is 0 Å². The number of benzene rings is 2. The molecule has 1 N–H and O–H groups in total. The molecule has 31 heavy (non-hydrogen) atoms. The fraction of sp³-hybridized carbons (Fsp3) is 0.263. The molecule has 3 rings (SSSR count). The average Bonchev–Trinajstić information content (AvgIpc) is 2.70. The zero-order valence-corrected chi connectivity index (χ0v) is 18.7. The van der Waals surface area contributed by atoms with Gasteiger partial charge in [-0.25, -0.2) is 18.1 Å². The fourth-order valence-corrected chi connectivity index (χ4v) is 4.43. The number of anilines is 1. The van der Waals surface area contributed by atoms with Crippen LogP contribution in [-0.4, -0.2) is 30.4 Å². The summed E-state index contributed by atoms with van der Waals surface area (Å²) >= 11 is 3.01. The quantitative estimate of drug-likeness (QED) is 0.523. The minimum absolute atomic E-state index is 0.00849. The van der Waals surface area contributed by atoms with Crippen molar-refractivity contribution in [2.24, 2.45) is 0 Å². The second-order valence-corrected chi connectivity index (χ2v) is 9.48. The third kappa shape index (κ3) is 4.69. The van der Waals surface area contributed by atoms with Crippen LogP contribution in [0.2, 0.25) is 0 Å². The van der Waals surface area contributed by atoms with Gasteiger partial charge in [0.15, 0.2) is 9.84 Å². The van der Waals surface area contributed by atoms with E-state index in [-0.39, 0.29) is 31.7 Å². The average molecular weight is 520 g/mol. The van der Waals surface area contributed by atoms with Crippen LogP contribution in [-0.2, 0) is 16.0 Å². The van der Waals surface area contributed by atoms with E-state index in [1.807, 2.05) is 0 Å². The molecule has 2 aromatic carbocycles. The van der Waals surface area contributed by atoms with Crippen LogP contribution in [0.25, 0.3) is 10.9 Å². The number of halogens is 4. The van der Waals surface area contributed by atoms with Crippen LogP contribution < -0.4 is 15.7 Å². The molecule has 0 fully saturated rings. The van der Waals surface area contributed by atoms with Gasteiger partial charge in [-0.3, -0.25) is 10.2 Å². The SMILES string of the molecule is CCOc1ccc(S(=O)(=O)CC)c(Nn2cnc3c(Br)cc(C(F)(F)F)cc3c2=O)c1. The summed E-state index contributed by atoms with van der Waals surface area (Å²) in [4.78, 5) is 16.8. The lowest BCUT2D eigenvalue weighted by Gasteiger charge is -2.16. The molecule has 1 aromatic heterocycles. The van der Waals surface area contributed by atoms with Crippen molar-refractivity contribution in [2.75, 3.05) is 17.8 Å². The van der Waals surface area contributed by atoms with Crippen molar-refractivity contribution >= 4 is 42.4 Å². The molecular formula is C19H17BrF3N3O4S. The first-order valence-corrected chi connectivity index (χ1v) is 11.5. The van der Waals surface area contributed by atoms with Gasteiger partial charge in [0.25, 0.3) is 5.56 Å². The van der Waals surface area contributed by atoms with Crippen molar-refractivity contribution in [3.05, 3.63) is 57.0 Å². The van der Waals surface area contributed by atoms with Crippen LogP contribution in [0.15, 0.2) is 50.8 Å². The summed E-state index contributed by atoms with van der Waals surface area (Å²) < 4.78 is 70.7. The normalized spacial score (nSPS) is 12.2. The van der Waals surface area contributed by atoms with Crippen molar-refractivity contribution in [2.45, 2.75) is 24.9 Å². The monoisotopic (exact) mass is 519 g/mol. The summed E-state index contributed by atoms with van der Waals surface area (Å²) in [6.45, 7) is 3.54. The standard InChI is InChI=1S/C19H17BrF3N3O4S/c1-3-30-12-5-6-16(31(28,29)4-2)15(9-12)25-26-10-24-17-13(18(26)27)7-11(8-14(17)20)19(21,22)23/h5-10,25H,3-4H2,1-2H3. The highest BCUT2D eigenvalue weighted by Crippen LogP contribution is 2.34. The van der Waals surface area contributed by atoms with Gasteiger partial charge in [0, 0.05) is 10.5 Å². The van der Waals surface area contributed by atoms with Gasteiger partial charge in [-0.05, 0) is 47.1 Å². The second-order valence-electron chi connectivity index (χ2n) is 6.38. The van der Waals surface area contributed by atoms with Gasteiger partial charge in [-0.2, -0.15) is 13.2 Å². The Bertz CT molecular complexity index is 1310. The zero-order valence-electron chi connectivity index (χ0n) is 16.3. The van der Waals surface area contributed by atoms with Crippen molar-refractivity contribution in [1.29, 1.82) is 0 Å². The Balaban J connectivity index is 2.19. The van der Waals surface area contributed by atoms with E-state index in [1.165, 1.54) is 25.1 Å². The molecule has 0 spiro atoms. The van der Waals surface area contributed by atoms with Gasteiger partial charge >= 0.3 is 6.18 Å². The molecule has 0 radical (unpaired) electrons. The Morgan fingerprint density at radius 1 is 1.19 bits per heavy atom. The van der Waals surface area contributed by atoms with E-state index in [0.29, 0.717) is 18.4 Å². The van der Waals surface area contributed by atoms with Crippen molar-refractivity contribution < 1.29 is 26.3 Å². The molecule has 0 aliphatic carbocycles. The molecule has 0 saturated heterocycles. The van der Waals surface area contributed by atoms with Gasteiger partial charge in [-0.1, -0.05) is 6.92 Å². The van der Waals surface area contributed by atoms with E-state index in [0.717, 1.165) is 17.1 Å². The molecule has 0 amide bonds. The third-order valence-corrected chi connectivity index (χ3v) is 6.75. The fourth-order valence-electron chi connectivity index (χ4n) is 2.84. The van der Waals surface area contributed by atoms with E-state index in [2.05, 4.69) is 26.3 Å². The summed E-state index contributed by atoms with van der Waals surface area (Å²) in [6, 6.07) is 5.75. The molecule has 0 saturated carbocycles.